The van der Waals surface area contributed by atoms with E-state index in [1.165, 1.54) is 42.6 Å². The van der Waals surface area contributed by atoms with Crippen molar-refractivity contribution in [1.29, 1.82) is 0 Å². The number of carbonyl (C=O) groups excluding carboxylic acids is 1. The second-order valence-electron chi connectivity index (χ2n) is 9.20. The number of nitrogens with one attached hydrogen (secondary N) is 1. The smallest absolute Gasteiger partial charge is 0.264 e. The van der Waals surface area contributed by atoms with Gasteiger partial charge < -0.3 is 14.0 Å². The average molecular weight is 581 g/mol. The van der Waals surface area contributed by atoms with Crippen molar-refractivity contribution in [3.63, 3.8) is 0 Å². The molecule has 12 heteroatoms. The standard InChI is InChI=1S/C29H26F2N4O5S/c1-19-15-21(20(2)35(19)26-6-4-3-5-25(26)31)17-32-33-29(36)18-34(23-9-7-22(30)8-10-23)41(37,38)24-11-12-27-28(16-24)40-14-13-39-27/h3-12,15-17H,13-14,18H2,1-2H3,(H,33,36)/b32-17-. The first-order chi connectivity index (χ1) is 19.6. The summed E-state index contributed by atoms with van der Waals surface area (Å²) in [6, 6.07) is 17.0. The number of hydrogen-bond acceptors (Lipinski definition) is 6. The number of fused-ring (bicyclic) bond motifs is 1. The van der Waals surface area contributed by atoms with Crippen molar-refractivity contribution in [3.8, 4) is 17.2 Å². The van der Waals surface area contributed by atoms with Gasteiger partial charge in [-0.25, -0.2) is 22.6 Å². The Hall–Kier alpha value is -4.71. The van der Waals surface area contributed by atoms with Gasteiger partial charge in [-0.2, -0.15) is 5.10 Å². The number of halogens is 2. The third-order valence-electron chi connectivity index (χ3n) is 6.46. The molecule has 1 amide bonds. The van der Waals surface area contributed by atoms with Gasteiger partial charge in [-0.15, -0.1) is 0 Å². The number of benzene rings is 3. The summed E-state index contributed by atoms with van der Waals surface area (Å²) in [6.45, 7) is 3.57. The third kappa shape index (κ3) is 5.78. The van der Waals surface area contributed by atoms with Crippen LogP contribution in [0.2, 0.25) is 0 Å². The van der Waals surface area contributed by atoms with Crippen molar-refractivity contribution in [3.05, 3.63) is 101 Å². The second-order valence-corrected chi connectivity index (χ2v) is 11.1. The third-order valence-corrected chi connectivity index (χ3v) is 8.23. The molecule has 4 aromatic rings. The van der Waals surface area contributed by atoms with Gasteiger partial charge in [-0.3, -0.25) is 9.10 Å². The summed E-state index contributed by atoms with van der Waals surface area (Å²) >= 11 is 0. The van der Waals surface area contributed by atoms with Crippen LogP contribution in [0.25, 0.3) is 5.69 Å². The van der Waals surface area contributed by atoms with Crippen LogP contribution in [0.5, 0.6) is 11.5 Å². The van der Waals surface area contributed by atoms with Crippen LogP contribution in [-0.4, -0.2) is 44.9 Å². The number of amides is 1. The molecule has 0 fully saturated rings. The first kappa shape index (κ1) is 27.8. The van der Waals surface area contributed by atoms with Crippen LogP contribution < -0.4 is 19.2 Å². The lowest BCUT2D eigenvalue weighted by Crippen LogP contribution is -2.39. The first-order valence-corrected chi connectivity index (χ1v) is 14.0. The van der Waals surface area contributed by atoms with Crippen LogP contribution in [-0.2, 0) is 14.8 Å². The molecule has 212 valence electrons. The minimum Gasteiger partial charge on any atom is -0.486 e. The second kappa shape index (κ2) is 11.4. The number of hydrazone groups is 1. The molecule has 1 N–H and O–H groups in total. The summed E-state index contributed by atoms with van der Waals surface area (Å²) in [7, 11) is -4.29. The maximum Gasteiger partial charge on any atom is 0.264 e. The number of aromatic nitrogens is 1. The lowest BCUT2D eigenvalue weighted by molar-refractivity contribution is -0.119. The molecule has 0 aliphatic carbocycles. The molecule has 1 aliphatic rings. The Labute approximate surface area is 235 Å². The van der Waals surface area contributed by atoms with Crippen LogP contribution in [0, 0.1) is 25.5 Å². The highest BCUT2D eigenvalue weighted by Gasteiger charge is 2.29. The monoisotopic (exact) mass is 580 g/mol. The fourth-order valence-corrected chi connectivity index (χ4v) is 5.93. The number of hydrogen-bond donors (Lipinski definition) is 1. The van der Waals surface area contributed by atoms with E-state index in [9.17, 15) is 22.0 Å². The van der Waals surface area contributed by atoms with E-state index in [0.29, 0.717) is 29.3 Å². The van der Waals surface area contributed by atoms with E-state index in [1.807, 2.05) is 6.92 Å². The van der Waals surface area contributed by atoms with Gasteiger partial charge in [0.05, 0.1) is 22.5 Å². The van der Waals surface area contributed by atoms with Crippen LogP contribution >= 0.6 is 0 Å². The van der Waals surface area contributed by atoms with Gasteiger partial charge in [0.25, 0.3) is 15.9 Å². The fraction of sp³-hybridized carbons (Fsp3) is 0.172. The zero-order valence-corrected chi connectivity index (χ0v) is 23.0. The van der Waals surface area contributed by atoms with Crippen molar-refractivity contribution in [1.82, 2.24) is 9.99 Å². The van der Waals surface area contributed by atoms with Gasteiger partial charge in [0.2, 0.25) is 0 Å². The number of para-hydroxylation sites is 1. The molecule has 2 heterocycles. The SMILES string of the molecule is Cc1cc(/C=N\NC(=O)CN(c2ccc(F)cc2)S(=O)(=O)c2ccc3c(c2)OCCO3)c(C)n1-c1ccccc1F. The van der Waals surface area contributed by atoms with Gasteiger partial charge in [0.15, 0.2) is 11.5 Å². The normalized spacial score (nSPS) is 12.9. The maximum atomic E-state index is 14.4. The lowest BCUT2D eigenvalue weighted by atomic mass is 10.2. The van der Waals surface area contributed by atoms with Gasteiger partial charge >= 0.3 is 0 Å². The Morgan fingerprint density at radius 1 is 1.00 bits per heavy atom. The van der Waals surface area contributed by atoms with Gasteiger partial charge in [-0.1, -0.05) is 12.1 Å². The van der Waals surface area contributed by atoms with Crippen LogP contribution in [0.15, 0.2) is 82.8 Å². The van der Waals surface area contributed by atoms with Crippen molar-refractivity contribution in [2.75, 3.05) is 24.1 Å². The lowest BCUT2D eigenvalue weighted by Gasteiger charge is -2.25. The highest BCUT2D eigenvalue weighted by molar-refractivity contribution is 7.92. The van der Waals surface area contributed by atoms with Crippen LogP contribution in [0.4, 0.5) is 14.5 Å². The Morgan fingerprint density at radius 2 is 1.71 bits per heavy atom. The minimum absolute atomic E-state index is 0.0776. The molecule has 0 saturated heterocycles. The van der Waals surface area contributed by atoms with Crippen LogP contribution in [0.3, 0.4) is 0 Å². The van der Waals surface area contributed by atoms with Crippen molar-refractivity contribution < 1.29 is 31.5 Å². The largest absolute Gasteiger partial charge is 0.486 e. The molecule has 0 atom stereocenters. The molecule has 41 heavy (non-hydrogen) atoms. The predicted octanol–water partition coefficient (Wildman–Crippen LogP) is 4.49. The van der Waals surface area contributed by atoms with E-state index in [1.54, 1.807) is 35.8 Å². The van der Waals surface area contributed by atoms with E-state index in [2.05, 4.69) is 10.5 Å². The predicted molar refractivity (Wildman–Crippen MR) is 149 cm³/mol. The van der Waals surface area contributed by atoms with E-state index >= 15 is 0 Å². The molecule has 0 radical (unpaired) electrons. The topological polar surface area (TPSA) is 102 Å². The first-order valence-electron chi connectivity index (χ1n) is 12.6. The van der Waals surface area contributed by atoms with E-state index < -0.39 is 28.3 Å². The Kier molecular flexibility index (Phi) is 7.75. The molecule has 9 nitrogen and oxygen atoms in total. The van der Waals surface area contributed by atoms with E-state index in [4.69, 9.17) is 9.47 Å². The Morgan fingerprint density at radius 3 is 2.44 bits per heavy atom. The van der Waals surface area contributed by atoms with E-state index in [0.717, 1.165) is 22.1 Å². The maximum absolute atomic E-state index is 14.4. The van der Waals surface area contributed by atoms with Crippen molar-refractivity contribution in [2.45, 2.75) is 18.7 Å². The zero-order valence-electron chi connectivity index (χ0n) is 22.2. The zero-order chi connectivity index (χ0) is 29.1. The number of rotatable bonds is 8. The number of nitrogens with zero attached hydrogens (tertiary/aromatic N) is 3. The Bertz CT molecular complexity index is 1740. The molecule has 0 spiro atoms. The molecule has 0 bridgehead atoms. The summed E-state index contributed by atoms with van der Waals surface area (Å²) in [4.78, 5) is 12.8. The van der Waals surface area contributed by atoms with Crippen molar-refractivity contribution >= 4 is 27.8 Å². The summed E-state index contributed by atoms with van der Waals surface area (Å²) < 4.78 is 68.9. The molecule has 0 saturated carbocycles. The highest BCUT2D eigenvalue weighted by Crippen LogP contribution is 2.34. The Balaban J connectivity index is 1.38. The molecule has 5 rings (SSSR count). The number of sulfonamides is 1. The molecule has 1 aliphatic heterocycles. The quantitative estimate of drug-likeness (QED) is 0.245. The summed E-state index contributed by atoms with van der Waals surface area (Å²) in [6.07, 6.45) is 1.40. The van der Waals surface area contributed by atoms with Gasteiger partial charge in [0.1, 0.15) is 31.4 Å². The average Bonchev–Trinajstić information content (AvgIpc) is 3.24. The van der Waals surface area contributed by atoms with Crippen molar-refractivity contribution in [2.24, 2.45) is 5.10 Å². The highest BCUT2D eigenvalue weighted by atomic mass is 32.2. The summed E-state index contributed by atoms with van der Waals surface area (Å²) in [5, 5.41) is 4.00. The molecule has 0 unspecified atom stereocenters. The molecule has 3 aromatic carbocycles. The number of carbonyl (C=O) groups is 1. The van der Waals surface area contributed by atoms with E-state index in [-0.39, 0.29) is 28.8 Å². The fourth-order valence-electron chi connectivity index (χ4n) is 4.50. The number of ether oxygens (including phenoxy) is 2. The van der Waals surface area contributed by atoms with Gasteiger partial charge in [0, 0.05) is 23.0 Å². The number of aryl methyl sites for hydroxylation is 1. The molecule has 1 aromatic heterocycles. The van der Waals surface area contributed by atoms with Gasteiger partial charge in [-0.05, 0) is 68.4 Å². The van der Waals surface area contributed by atoms with Crippen LogP contribution in [0.1, 0.15) is 17.0 Å². The minimum atomic E-state index is -4.29. The molecular weight excluding hydrogens is 554 g/mol. The summed E-state index contributed by atoms with van der Waals surface area (Å²) in [5.41, 5.74) is 4.89. The number of anilines is 1. The summed E-state index contributed by atoms with van der Waals surface area (Å²) in [5.74, 6) is -1.02. The molecular formula is C29H26F2N4O5S.